The molecule has 1 fully saturated rings. The number of halogens is 2. The van der Waals surface area contributed by atoms with Gasteiger partial charge in [-0.3, -0.25) is 4.98 Å². The molecule has 0 spiro atoms. The topological polar surface area (TPSA) is 98.1 Å². The van der Waals surface area contributed by atoms with Crippen molar-refractivity contribution in [3.63, 3.8) is 0 Å². The minimum Gasteiger partial charge on any atom is -0.424 e. The van der Waals surface area contributed by atoms with Crippen molar-refractivity contribution in [2.24, 2.45) is 0 Å². The summed E-state index contributed by atoms with van der Waals surface area (Å²) in [6.07, 6.45) is 6.43. The molecule has 11 heteroatoms. The van der Waals surface area contributed by atoms with Gasteiger partial charge in [-0.2, -0.15) is 0 Å². The number of ether oxygens (including phenoxy) is 1. The number of pyridine rings is 1. The van der Waals surface area contributed by atoms with Gasteiger partial charge in [0.2, 0.25) is 0 Å². The van der Waals surface area contributed by atoms with E-state index in [1.165, 1.54) is 6.07 Å². The van der Waals surface area contributed by atoms with E-state index in [0.29, 0.717) is 47.1 Å². The maximum atomic E-state index is 15.5. The van der Waals surface area contributed by atoms with Gasteiger partial charge in [-0.25, -0.2) is 24.1 Å². The van der Waals surface area contributed by atoms with Crippen LogP contribution in [0.5, 0.6) is 11.8 Å². The van der Waals surface area contributed by atoms with Gasteiger partial charge in [0.25, 0.3) is 0 Å². The predicted octanol–water partition coefficient (Wildman–Crippen LogP) is 6.30. The number of amides is 2. The molecule has 1 saturated heterocycles. The van der Waals surface area contributed by atoms with Gasteiger partial charge in [0.15, 0.2) is 0 Å². The van der Waals surface area contributed by atoms with Crippen molar-refractivity contribution in [3.8, 4) is 22.9 Å². The van der Waals surface area contributed by atoms with Crippen LogP contribution in [0.15, 0.2) is 55.0 Å². The van der Waals surface area contributed by atoms with Gasteiger partial charge in [-0.05, 0) is 51.0 Å². The number of hydrogen-bond donors (Lipinski definition) is 1. The molecule has 2 aromatic carbocycles. The van der Waals surface area contributed by atoms with Crippen LogP contribution in [0.2, 0.25) is 5.02 Å². The molecule has 6 rings (SSSR count). The summed E-state index contributed by atoms with van der Waals surface area (Å²) in [5, 5.41) is 3.99. The van der Waals surface area contributed by atoms with E-state index in [9.17, 15) is 4.79 Å². The molecule has 2 amide bonds. The highest BCUT2D eigenvalue weighted by atomic mass is 35.5. The number of imidazole rings is 1. The van der Waals surface area contributed by atoms with E-state index in [4.69, 9.17) is 21.3 Å². The number of aromatic nitrogens is 5. The molecule has 5 aromatic rings. The van der Waals surface area contributed by atoms with Crippen molar-refractivity contribution in [2.75, 3.05) is 19.6 Å². The largest absolute Gasteiger partial charge is 0.424 e. The first kappa shape index (κ1) is 25.9. The lowest BCUT2D eigenvalue weighted by atomic mass is 10.0. The molecule has 1 N–H and O–H groups in total. The fourth-order valence-corrected chi connectivity index (χ4v) is 5.65. The van der Waals surface area contributed by atoms with Gasteiger partial charge in [-0.1, -0.05) is 11.6 Å². The lowest BCUT2D eigenvalue weighted by Crippen LogP contribution is -2.44. The van der Waals surface area contributed by atoms with E-state index in [2.05, 4.69) is 24.8 Å². The minimum absolute atomic E-state index is 0.0347. The normalized spacial score (nSPS) is 14.2. The second kappa shape index (κ2) is 10.7. The smallest absolute Gasteiger partial charge is 0.321 e. The third-order valence-corrected chi connectivity index (χ3v) is 7.52. The van der Waals surface area contributed by atoms with Crippen LogP contribution in [-0.4, -0.2) is 55.1 Å². The Balaban J connectivity index is 1.38. The third kappa shape index (κ3) is 4.79. The van der Waals surface area contributed by atoms with E-state index in [-0.39, 0.29) is 18.1 Å². The van der Waals surface area contributed by atoms with Gasteiger partial charge < -0.3 is 19.5 Å². The molecule has 9 nitrogen and oxygen atoms in total. The molecule has 4 heterocycles. The number of nitrogens with zero attached hydrogens (tertiary/aromatic N) is 6. The highest BCUT2D eigenvalue weighted by molar-refractivity contribution is 6.33. The second-order valence-electron chi connectivity index (χ2n) is 9.70. The number of carbonyl (C=O) groups is 1. The lowest BCUT2D eigenvalue weighted by Gasteiger charge is -2.33. The van der Waals surface area contributed by atoms with Gasteiger partial charge >= 0.3 is 12.0 Å². The number of hydrogen-bond acceptors (Lipinski definition) is 6. The number of urea groups is 1. The third-order valence-electron chi connectivity index (χ3n) is 7.21. The zero-order valence-electron chi connectivity index (χ0n) is 22.1. The molecule has 0 atom stereocenters. The van der Waals surface area contributed by atoms with Crippen molar-refractivity contribution >= 4 is 39.6 Å². The monoisotopic (exact) mass is 559 g/mol. The maximum Gasteiger partial charge on any atom is 0.321 e. The Morgan fingerprint density at radius 3 is 2.60 bits per heavy atom. The zero-order valence-corrected chi connectivity index (χ0v) is 22.8. The summed E-state index contributed by atoms with van der Waals surface area (Å²) in [5.41, 5.74) is 3.05. The summed E-state index contributed by atoms with van der Waals surface area (Å²) < 4.78 is 23.4. The standard InChI is InChI=1S/C29H27ClFN7O2/c1-3-32-29(39)37-11-7-18(8-12-37)38-17(2)36-26-16-35-25-15-24(31)21(14-22(25)27(26)38)20-6-5-19(13-23(20)30)40-28-33-9-4-10-34-28/h4-6,9-10,13-16,18H,3,7-8,11-12H2,1-2H3,(H,32,39). The Morgan fingerprint density at radius 1 is 1.10 bits per heavy atom. The number of rotatable bonds is 5. The average Bonchev–Trinajstić information content (AvgIpc) is 3.30. The molecule has 0 aliphatic carbocycles. The molecule has 1 aliphatic heterocycles. The number of aryl methyl sites for hydroxylation is 1. The van der Waals surface area contributed by atoms with Gasteiger partial charge in [-0.15, -0.1) is 0 Å². The van der Waals surface area contributed by atoms with Crippen molar-refractivity contribution in [1.82, 2.24) is 34.7 Å². The van der Waals surface area contributed by atoms with Crippen LogP contribution in [-0.2, 0) is 0 Å². The van der Waals surface area contributed by atoms with Crippen molar-refractivity contribution in [2.45, 2.75) is 32.7 Å². The van der Waals surface area contributed by atoms with Crippen molar-refractivity contribution in [1.29, 1.82) is 0 Å². The van der Waals surface area contributed by atoms with Crippen LogP contribution in [0.4, 0.5) is 9.18 Å². The molecule has 3 aromatic heterocycles. The molecular weight excluding hydrogens is 533 g/mol. The summed E-state index contributed by atoms with van der Waals surface area (Å²) in [6.45, 7) is 5.78. The number of likely N-dealkylation sites (tertiary alicyclic amines) is 1. The fraction of sp³-hybridized carbons (Fsp3) is 0.276. The van der Waals surface area contributed by atoms with Crippen LogP contribution in [0, 0.1) is 12.7 Å². The summed E-state index contributed by atoms with van der Waals surface area (Å²) in [4.78, 5) is 31.6. The van der Waals surface area contributed by atoms with E-state index in [1.807, 2.05) is 18.7 Å². The maximum absolute atomic E-state index is 15.5. The van der Waals surface area contributed by atoms with Crippen LogP contribution >= 0.6 is 11.6 Å². The highest BCUT2D eigenvalue weighted by Gasteiger charge is 2.27. The van der Waals surface area contributed by atoms with Crippen molar-refractivity contribution < 1.29 is 13.9 Å². The van der Waals surface area contributed by atoms with Crippen LogP contribution in [0.25, 0.3) is 33.1 Å². The number of nitrogens with one attached hydrogen (secondary N) is 1. The Kier molecular flexibility index (Phi) is 6.93. The molecule has 0 unspecified atom stereocenters. The first-order valence-electron chi connectivity index (χ1n) is 13.2. The molecule has 0 saturated carbocycles. The summed E-state index contributed by atoms with van der Waals surface area (Å²) in [7, 11) is 0. The van der Waals surface area contributed by atoms with E-state index < -0.39 is 5.82 Å². The first-order chi connectivity index (χ1) is 19.4. The molecule has 204 valence electrons. The first-order valence-corrected chi connectivity index (χ1v) is 13.5. The average molecular weight is 560 g/mol. The summed E-state index contributed by atoms with van der Waals surface area (Å²) in [5.74, 6) is 0.867. The molecule has 1 aliphatic rings. The number of carbonyl (C=O) groups excluding carboxylic acids is 1. The Labute approximate surface area is 235 Å². The number of benzene rings is 2. The van der Waals surface area contributed by atoms with E-state index in [0.717, 1.165) is 35.1 Å². The molecular formula is C29H27ClFN7O2. The fourth-order valence-electron chi connectivity index (χ4n) is 5.38. The minimum atomic E-state index is -0.431. The van der Waals surface area contributed by atoms with Crippen molar-refractivity contribution in [3.05, 3.63) is 71.7 Å². The number of fused-ring (bicyclic) bond motifs is 3. The lowest BCUT2D eigenvalue weighted by molar-refractivity contribution is 0.172. The molecule has 0 radical (unpaired) electrons. The Hall–Kier alpha value is -4.31. The van der Waals surface area contributed by atoms with Crippen LogP contribution in [0.3, 0.4) is 0 Å². The highest BCUT2D eigenvalue weighted by Crippen LogP contribution is 2.38. The Bertz CT molecular complexity index is 1720. The summed E-state index contributed by atoms with van der Waals surface area (Å²) in [6, 6.07) is 10.3. The Morgan fingerprint density at radius 2 is 1.88 bits per heavy atom. The molecule has 40 heavy (non-hydrogen) atoms. The van der Waals surface area contributed by atoms with Crippen LogP contribution < -0.4 is 10.1 Å². The number of piperidine rings is 1. The zero-order chi connectivity index (χ0) is 27.8. The predicted molar refractivity (Wildman–Crippen MR) is 151 cm³/mol. The second-order valence-corrected chi connectivity index (χ2v) is 10.1. The van der Waals surface area contributed by atoms with E-state index >= 15 is 4.39 Å². The van der Waals surface area contributed by atoms with Gasteiger partial charge in [0.05, 0.1) is 22.3 Å². The SMILES string of the molecule is CCNC(=O)N1CCC(n2c(C)nc3cnc4cc(F)c(-c5ccc(Oc6ncccn6)cc5Cl)cc4c32)CC1. The van der Waals surface area contributed by atoms with Crippen LogP contribution in [0.1, 0.15) is 31.6 Å². The van der Waals surface area contributed by atoms with Gasteiger partial charge in [0.1, 0.15) is 22.9 Å². The van der Waals surface area contributed by atoms with Gasteiger partial charge in [0, 0.05) is 66.7 Å². The quantitative estimate of drug-likeness (QED) is 0.271. The van der Waals surface area contributed by atoms with E-state index in [1.54, 1.807) is 48.9 Å². The summed E-state index contributed by atoms with van der Waals surface area (Å²) >= 11 is 6.63. The molecule has 0 bridgehead atoms.